The molecule has 0 saturated heterocycles. The fourth-order valence-electron chi connectivity index (χ4n) is 2.38. The summed E-state index contributed by atoms with van der Waals surface area (Å²) < 4.78 is 29.2. The maximum absolute atomic E-state index is 13.4. The maximum atomic E-state index is 13.4. The quantitative estimate of drug-likeness (QED) is 0.646. The molecule has 6 nitrogen and oxygen atoms in total. The smallest absolute Gasteiger partial charge is 0.331 e. The summed E-state index contributed by atoms with van der Waals surface area (Å²) in [4.78, 5) is 23.5. The minimum absolute atomic E-state index is 0.297. The van der Waals surface area contributed by atoms with Crippen LogP contribution < -0.4 is 14.8 Å². The highest BCUT2D eigenvalue weighted by molar-refractivity contribution is 5.94. The summed E-state index contributed by atoms with van der Waals surface area (Å²) in [6, 6.07) is 9.60. The zero-order chi connectivity index (χ0) is 19.2. The van der Waals surface area contributed by atoms with E-state index in [-0.39, 0.29) is 0 Å². The van der Waals surface area contributed by atoms with Gasteiger partial charge in [-0.25, -0.2) is 9.18 Å². The Kier molecular flexibility index (Phi) is 5.71. The number of hydrogen-bond acceptors (Lipinski definition) is 5. The van der Waals surface area contributed by atoms with Crippen LogP contribution in [0.25, 0.3) is 6.08 Å². The van der Waals surface area contributed by atoms with Gasteiger partial charge in [0.25, 0.3) is 5.91 Å². The van der Waals surface area contributed by atoms with E-state index in [0.29, 0.717) is 36.0 Å². The molecule has 0 fully saturated rings. The van der Waals surface area contributed by atoms with Gasteiger partial charge in [0.05, 0.1) is 0 Å². The van der Waals surface area contributed by atoms with Crippen molar-refractivity contribution in [3.8, 4) is 11.5 Å². The number of amides is 1. The second-order valence-electron chi connectivity index (χ2n) is 5.86. The van der Waals surface area contributed by atoms with Crippen LogP contribution in [0.5, 0.6) is 11.5 Å². The maximum Gasteiger partial charge on any atom is 0.331 e. The van der Waals surface area contributed by atoms with Crippen molar-refractivity contribution in [1.82, 2.24) is 0 Å². The van der Waals surface area contributed by atoms with E-state index in [1.807, 2.05) is 0 Å². The fourth-order valence-corrected chi connectivity index (χ4v) is 2.38. The van der Waals surface area contributed by atoms with Crippen molar-refractivity contribution in [2.45, 2.75) is 6.92 Å². The van der Waals surface area contributed by atoms with Gasteiger partial charge < -0.3 is 19.5 Å². The number of carbonyl (C=O) groups excluding carboxylic acids is 2. The van der Waals surface area contributed by atoms with Crippen LogP contribution in [0.15, 0.2) is 42.5 Å². The molecule has 0 aromatic heterocycles. The van der Waals surface area contributed by atoms with Gasteiger partial charge in [0, 0.05) is 11.8 Å². The molecule has 1 heterocycles. The molecule has 0 spiro atoms. The lowest BCUT2D eigenvalue weighted by molar-refractivity contribution is -0.142. The van der Waals surface area contributed by atoms with E-state index < -0.39 is 24.3 Å². The Morgan fingerprint density at radius 3 is 2.70 bits per heavy atom. The summed E-state index contributed by atoms with van der Waals surface area (Å²) in [5.74, 6) is -0.381. The van der Waals surface area contributed by atoms with Gasteiger partial charge in [-0.2, -0.15) is 0 Å². The third-order valence-electron chi connectivity index (χ3n) is 3.78. The largest absolute Gasteiger partial charge is 0.486 e. The molecule has 1 N–H and O–H groups in total. The molecule has 3 rings (SSSR count). The minimum Gasteiger partial charge on any atom is -0.486 e. The van der Waals surface area contributed by atoms with Crippen LogP contribution in [0.2, 0.25) is 0 Å². The Hall–Kier alpha value is -3.35. The van der Waals surface area contributed by atoms with Crippen LogP contribution in [0.1, 0.15) is 11.1 Å². The molecule has 0 aliphatic carbocycles. The van der Waals surface area contributed by atoms with Crippen LogP contribution in [-0.4, -0.2) is 31.7 Å². The van der Waals surface area contributed by atoms with Gasteiger partial charge in [-0.15, -0.1) is 0 Å². The van der Waals surface area contributed by atoms with Crippen LogP contribution in [0.4, 0.5) is 10.1 Å². The predicted molar refractivity (Wildman–Crippen MR) is 97.2 cm³/mol. The Balaban J connectivity index is 1.49. The van der Waals surface area contributed by atoms with E-state index in [1.54, 1.807) is 43.3 Å². The molecule has 1 aliphatic rings. The fraction of sp³-hybridized carbons (Fsp3) is 0.200. The number of fused-ring (bicyclic) bond motifs is 1. The molecule has 0 atom stereocenters. The lowest BCUT2D eigenvalue weighted by Gasteiger charge is -2.18. The van der Waals surface area contributed by atoms with Crippen LogP contribution in [0, 0.1) is 12.7 Å². The molecule has 2 aromatic carbocycles. The number of hydrogen-bond donors (Lipinski definition) is 1. The number of ether oxygens (including phenoxy) is 3. The molecule has 140 valence electrons. The molecule has 1 aliphatic heterocycles. The first-order chi connectivity index (χ1) is 13.0. The summed E-state index contributed by atoms with van der Waals surface area (Å²) in [7, 11) is 0. The topological polar surface area (TPSA) is 73.9 Å². The van der Waals surface area contributed by atoms with Crippen molar-refractivity contribution < 1.29 is 28.2 Å². The van der Waals surface area contributed by atoms with Gasteiger partial charge in [0.1, 0.15) is 19.0 Å². The molecule has 2 aromatic rings. The Labute approximate surface area is 155 Å². The average Bonchev–Trinajstić information content (AvgIpc) is 2.67. The molecular weight excluding hydrogens is 353 g/mol. The van der Waals surface area contributed by atoms with E-state index in [1.165, 1.54) is 12.1 Å². The molecule has 0 saturated carbocycles. The molecule has 0 unspecified atom stereocenters. The van der Waals surface area contributed by atoms with Gasteiger partial charge in [-0.1, -0.05) is 12.1 Å². The highest BCUT2D eigenvalue weighted by Gasteiger charge is 2.11. The van der Waals surface area contributed by atoms with E-state index >= 15 is 0 Å². The van der Waals surface area contributed by atoms with Gasteiger partial charge in [-0.3, -0.25) is 4.79 Å². The van der Waals surface area contributed by atoms with Crippen molar-refractivity contribution in [1.29, 1.82) is 0 Å². The Morgan fingerprint density at radius 1 is 1.15 bits per heavy atom. The normalized spacial score (nSPS) is 12.7. The van der Waals surface area contributed by atoms with E-state index in [9.17, 15) is 14.0 Å². The lowest BCUT2D eigenvalue weighted by Crippen LogP contribution is -2.20. The second-order valence-corrected chi connectivity index (χ2v) is 5.86. The number of halogens is 1. The van der Waals surface area contributed by atoms with Crippen LogP contribution in [-0.2, 0) is 14.3 Å². The summed E-state index contributed by atoms with van der Waals surface area (Å²) in [6.45, 7) is 2.13. The molecule has 1 amide bonds. The van der Waals surface area contributed by atoms with Crippen molar-refractivity contribution in [3.63, 3.8) is 0 Å². The number of aryl methyl sites for hydroxylation is 1. The third kappa shape index (κ3) is 5.07. The van der Waals surface area contributed by atoms with Crippen molar-refractivity contribution in [2.75, 3.05) is 25.1 Å². The molecule has 27 heavy (non-hydrogen) atoms. The molecular formula is C20H18FNO5. The Morgan fingerprint density at radius 2 is 1.93 bits per heavy atom. The average molecular weight is 371 g/mol. The summed E-state index contributed by atoms with van der Waals surface area (Å²) >= 11 is 0. The first-order valence-corrected chi connectivity index (χ1v) is 8.32. The summed E-state index contributed by atoms with van der Waals surface area (Å²) in [6.07, 6.45) is 2.76. The number of esters is 1. The zero-order valence-electron chi connectivity index (χ0n) is 14.7. The highest BCUT2D eigenvalue weighted by Crippen LogP contribution is 2.31. The lowest BCUT2D eigenvalue weighted by atomic mass is 10.2. The molecule has 0 bridgehead atoms. The molecule has 7 heteroatoms. The van der Waals surface area contributed by atoms with Crippen LogP contribution >= 0.6 is 0 Å². The van der Waals surface area contributed by atoms with Crippen molar-refractivity contribution in [3.05, 3.63) is 59.4 Å². The second kappa shape index (κ2) is 8.35. The van der Waals surface area contributed by atoms with Gasteiger partial charge in [-0.05, 0) is 48.4 Å². The van der Waals surface area contributed by atoms with Crippen LogP contribution in [0.3, 0.4) is 0 Å². The van der Waals surface area contributed by atoms with Gasteiger partial charge in [0.15, 0.2) is 18.1 Å². The van der Waals surface area contributed by atoms with E-state index in [0.717, 1.165) is 5.56 Å². The van der Waals surface area contributed by atoms with Gasteiger partial charge >= 0.3 is 5.97 Å². The number of benzene rings is 2. The summed E-state index contributed by atoms with van der Waals surface area (Å²) in [5.41, 5.74) is 1.51. The number of anilines is 1. The SMILES string of the molecule is Cc1ccc(NC(=O)COC(=O)/C=C/c2ccc3c(c2)OCCO3)cc1F. The Bertz CT molecular complexity index is 894. The third-order valence-corrected chi connectivity index (χ3v) is 3.78. The predicted octanol–water partition coefficient (Wildman–Crippen LogP) is 3.10. The molecule has 0 radical (unpaired) electrons. The number of carbonyl (C=O) groups is 2. The first kappa shape index (κ1) is 18.4. The monoisotopic (exact) mass is 371 g/mol. The minimum atomic E-state index is -0.671. The number of nitrogens with one attached hydrogen (secondary N) is 1. The van der Waals surface area contributed by atoms with Crippen molar-refractivity contribution >= 4 is 23.6 Å². The number of rotatable bonds is 5. The van der Waals surface area contributed by atoms with Crippen molar-refractivity contribution in [2.24, 2.45) is 0 Å². The highest BCUT2D eigenvalue weighted by atomic mass is 19.1. The summed E-state index contributed by atoms with van der Waals surface area (Å²) in [5, 5.41) is 2.46. The first-order valence-electron chi connectivity index (χ1n) is 8.32. The van der Waals surface area contributed by atoms with E-state index in [4.69, 9.17) is 14.2 Å². The van der Waals surface area contributed by atoms with Gasteiger partial charge in [0.2, 0.25) is 0 Å². The zero-order valence-corrected chi connectivity index (χ0v) is 14.7. The standard InChI is InChI=1S/C20H18FNO5/c1-13-2-5-15(11-16(13)21)22-19(23)12-27-20(24)7-4-14-3-6-17-18(10-14)26-9-8-25-17/h2-7,10-11H,8-9,12H2,1H3,(H,22,23)/b7-4+. The van der Waals surface area contributed by atoms with E-state index in [2.05, 4.69) is 5.32 Å².